The molecule has 0 aliphatic rings. The van der Waals surface area contributed by atoms with E-state index < -0.39 is 0 Å². The first-order chi connectivity index (χ1) is 9.59. The average molecular weight is 369 g/mol. The maximum absolute atomic E-state index is 6.36. The van der Waals surface area contributed by atoms with Crippen LogP contribution in [-0.4, -0.2) is 10.2 Å². The molecule has 0 amide bonds. The molecule has 2 heterocycles. The van der Waals surface area contributed by atoms with E-state index in [9.17, 15) is 0 Å². The van der Waals surface area contributed by atoms with Crippen LogP contribution in [0.5, 0.6) is 0 Å². The number of nitrogens with zero attached hydrogens (tertiary/aromatic N) is 1. The van der Waals surface area contributed by atoms with Gasteiger partial charge < -0.3 is 5.73 Å². The van der Waals surface area contributed by atoms with Gasteiger partial charge in [0.2, 0.25) is 0 Å². The maximum Gasteiger partial charge on any atom is 0.153 e. The molecule has 0 spiro atoms. The number of thiophene rings is 1. The third-order valence-corrected chi connectivity index (χ3v) is 5.47. The van der Waals surface area contributed by atoms with Crippen molar-refractivity contribution in [3.63, 3.8) is 0 Å². The number of hydrogen-bond donors (Lipinski definition) is 2. The smallest absolute Gasteiger partial charge is 0.153 e. The van der Waals surface area contributed by atoms with Gasteiger partial charge in [0.25, 0.3) is 0 Å². The van der Waals surface area contributed by atoms with Crippen molar-refractivity contribution in [1.29, 1.82) is 0 Å². The highest BCUT2D eigenvalue weighted by molar-refractivity contribution is 9.10. The van der Waals surface area contributed by atoms with Crippen molar-refractivity contribution in [3.8, 4) is 21.7 Å². The third-order valence-electron chi connectivity index (χ3n) is 3.06. The van der Waals surface area contributed by atoms with Gasteiger partial charge in [-0.1, -0.05) is 45.7 Å². The highest BCUT2D eigenvalue weighted by Gasteiger charge is 2.20. The fraction of sp³-hybridized carbons (Fsp3) is 0.0714. The van der Waals surface area contributed by atoms with Crippen LogP contribution in [0.3, 0.4) is 0 Å². The van der Waals surface area contributed by atoms with E-state index in [0.29, 0.717) is 5.82 Å². The summed E-state index contributed by atoms with van der Waals surface area (Å²) in [5.74, 6) is 0.467. The van der Waals surface area contributed by atoms with Gasteiger partial charge in [-0.2, -0.15) is 5.10 Å². The molecule has 3 rings (SSSR count). The lowest BCUT2D eigenvalue weighted by Crippen LogP contribution is -1.89. The summed E-state index contributed by atoms with van der Waals surface area (Å²) in [5.41, 5.74) is 9.82. The van der Waals surface area contributed by atoms with Gasteiger partial charge in [0.05, 0.1) is 21.2 Å². The minimum atomic E-state index is 0.467. The summed E-state index contributed by atoms with van der Waals surface area (Å²) in [6.45, 7) is 1.99. The van der Waals surface area contributed by atoms with E-state index in [4.69, 9.17) is 17.3 Å². The van der Waals surface area contributed by atoms with Crippen LogP contribution in [0.15, 0.2) is 34.1 Å². The van der Waals surface area contributed by atoms with Gasteiger partial charge in [0, 0.05) is 10.0 Å². The van der Waals surface area contributed by atoms with Crippen LogP contribution in [0.25, 0.3) is 21.7 Å². The van der Waals surface area contributed by atoms with E-state index in [0.717, 1.165) is 36.8 Å². The molecule has 0 atom stereocenters. The number of nitrogens with two attached hydrogens (primary N) is 1. The van der Waals surface area contributed by atoms with Crippen molar-refractivity contribution in [2.45, 2.75) is 6.92 Å². The van der Waals surface area contributed by atoms with Crippen molar-refractivity contribution in [3.05, 3.63) is 44.7 Å². The molecule has 6 heteroatoms. The molecular weight excluding hydrogens is 358 g/mol. The molecule has 102 valence electrons. The van der Waals surface area contributed by atoms with Gasteiger partial charge in [-0.3, -0.25) is 5.10 Å². The van der Waals surface area contributed by atoms with Crippen LogP contribution in [0.4, 0.5) is 5.82 Å². The average Bonchev–Trinajstić information content (AvgIpc) is 2.95. The van der Waals surface area contributed by atoms with Crippen LogP contribution >= 0.6 is 38.9 Å². The number of anilines is 1. The minimum absolute atomic E-state index is 0.467. The molecule has 20 heavy (non-hydrogen) atoms. The van der Waals surface area contributed by atoms with Gasteiger partial charge >= 0.3 is 0 Å². The number of hydrogen-bond acceptors (Lipinski definition) is 3. The monoisotopic (exact) mass is 367 g/mol. The second-order valence-corrected chi connectivity index (χ2v) is 6.51. The van der Waals surface area contributed by atoms with Crippen LogP contribution in [-0.2, 0) is 0 Å². The molecule has 2 aromatic heterocycles. The summed E-state index contributed by atoms with van der Waals surface area (Å²) in [6, 6.07) is 7.92. The number of nitrogens with one attached hydrogen (secondary N) is 1. The van der Waals surface area contributed by atoms with E-state index in [1.165, 1.54) is 0 Å². The van der Waals surface area contributed by atoms with E-state index in [-0.39, 0.29) is 0 Å². The van der Waals surface area contributed by atoms with E-state index in [1.54, 1.807) is 11.3 Å². The summed E-state index contributed by atoms with van der Waals surface area (Å²) in [6.07, 6.45) is 0. The lowest BCUT2D eigenvalue weighted by Gasteiger charge is -2.06. The Labute approximate surface area is 133 Å². The predicted octanol–water partition coefficient (Wildman–Crippen LogP) is 5.11. The zero-order chi connectivity index (χ0) is 14.3. The first kappa shape index (κ1) is 13.7. The second kappa shape index (κ2) is 5.24. The first-order valence-corrected chi connectivity index (χ1v) is 7.97. The molecule has 0 radical (unpaired) electrons. The Morgan fingerprint density at radius 3 is 2.75 bits per heavy atom. The Kier molecular flexibility index (Phi) is 3.58. The summed E-state index contributed by atoms with van der Waals surface area (Å²) in [7, 11) is 0. The lowest BCUT2D eigenvalue weighted by molar-refractivity contribution is 1.11. The lowest BCUT2D eigenvalue weighted by atomic mass is 10.0. The molecular formula is C14H11BrClN3S. The molecule has 0 unspecified atom stereocenters. The van der Waals surface area contributed by atoms with E-state index in [1.807, 2.05) is 36.6 Å². The Balaban J connectivity index is 2.26. The Hall–Kier alpha value is -1.30. The van der Waals surface area contributed by atoms with Crippen molar-refractivity contribution < 1.29 is 0 Å². The molecule has 1 aromatic carbocycles. The van der Waals surface area contributed by atoms with Crippen molar-refractivity contribution in [2.24, 2.45) is 0 Å². The van der Waals surface area contributed by atoms with Gasteiger partial charge in [0.15, 0.2) is 5.82 Å². The quantitative estimate of drug-likeness (QED) is 0.660. The number of H-pyrrole nitrogens is 1. The fourth-order valence-corrected chi connectivity index (χ4v) is 3.83. The topological polar surface area (TPSA) is 54.7 Å². The summed E-state index contributed by atoms with van der Waals surface area (Å²) < 4.78 is 0.971. The summed E-state index contributed by atoms with van der Waals surface area (Å²) >= 11 is 11.5. The van der Waals surface area contributed by atoms with Gasteiger partial charge in [0.1, 0.15) is 0 Å². The first-order valence-electron chi connectivity index (χ1n) is 5.92. The fourth-order valence-electron chi connectivity index (χ4n) is 2.06. The second-order valence-electron chi connectivity index (χ2n) is 4.40. The molecule has 0 fully saturated rings. The normalized spacial score (nSPS) is 10.9. The van der Waals surface area contributed by atoms with E-state index >= 15 is 0 Å². The standard InChI is InChI=1S/C14H11BrClN3S/c1-7-6-20-13(11(7)16)12-10(14(17)19-18-12)8-4-2-3-5-9(8)15/h2-6H,1H3,(H3,17,18,19). The number of aryl methyl sites for hydroxylation is 1. The number of aromatic nitrogens is 2. The van der Waals surface area contributed by atoms with Crippen LogP contribution in [0.2, 0.25) is 5.02 Å². The van der Waals surface area contributed by atoms with Gasteiger partial charge in [-0.15, -0.1) is 11.3 Å². The molecule has 3 N–H and O–H groups in total. The number of halogens is 2. The van der Waals surface area contributed by atoms with Crippen LogP contribution in [0, 0.1) is 6.92 Å². The van der Waals surface area contributed by atoms with Crippen molar-refractivity contribution >= 4 is 44.7 Å². The SMILES string of the molecule is Cc1csc(-c2[nH]nc(N)c2-c2ccccc2Br)c1Cl. The molecule has 0 saturated heterocycles. The van der Waals surface area contributed by atoms with Gasteiger partial charge in [-0.25, -0.2) is 0 Å². The third kappa shape index (κ3) is 2.16. The molecule has 0 aliphatic heterocycles. The zero-order valence-electron chi connectivity index (χ0n) is 10.6. The van der Waals surface area contributed by atoms with Crippen molar-refractivity contribution in [2.75, 3.05) is 5.73 Å². The minimum Gasteiger partial charge on any atom is -0.382 e. The summed E-state index contributed by atoms with van der Waals surface area (Å²) in [5, 5.41) is 9.91. The predicted molar refractivity (Wildman–Crippen MR) is 89.2 cm³/mol. The zero-order valence-corrected chi connectivity index (χ0v) is 13.7. The molecule has 3 nitrogen and oxygen atoms in total. The van der Waals surface area contributed by atoms with Crippen LogP contribution < -0.4 is 5.73 Å². The Bertz CT molecular complexity index is 779. The maximum atomic E-state index is 6.36. The summed E-state index contributed by atoms with van der Waals surface area (Å²) in [4.78, 5) is 0.958. The number of rotatable bonds is 2. The Morgan fingerprint density at radius 1 is 1.35 bits per heavy atom. The van der Waals surface area contributed by atoms with E-state index in [2.05, 4.69) is 26.1 Å². The molecule has 0 saturated carbocycles. The molecule has 0 bridgehead atoms. The van der Waals surface area contributed by atoms with Crippen molar-refractivity contribution in [1.82, 2.24) is 10.2 Å². The molecule has 3 aromatic rings. The highest BCUT2D eigenvalue weighted by atomic mass is 79.9. The molecule has 0 aliphatic carbocycles. The largest absolute Gasteiger partial charge is 0.382 e. The Morgan fingerprint density at radius 2 is 2.10 bits per heavy atom. The highest BCUT2D eigenvalue weighted by Crippen LogP contribution is 2.43. The van der Waals surface area contributed by atoms with Gasteiger partial charge in [-0.05, 0) is 23.9 Å². The number of benzene rings is 1. The number of nitrogen functional groups attached to an aromatic ring is 1. The van der Waals surface area contributed by atoms with Crippen LogP contribution in [0.1, 0.15) is 5.56 Å². The number of aromatic amines is 1.